The Balaban J connectivity index is 1.29. The molecular formula is C24H36N4O. The van der Waals surface area contributed by atoms with Crippen molar-refractivity contribution in [3.05, 3.63) is 29.8 Å². The van der Waals surface area contributed by atoms with Crippen LogP contribution in [0.2, 0.25) is 0 Å². The first-order valence-corrected chi connectivity index (χ1v) is 11.3. The molecule has 1 amide bonds. The van der Waals surface area contributed by atoms with Gasteiger partial charge in [0.05, 0.1) is 6.07 Å². The number of benzene rings is 1. The summed E-state index contributed by atoms with van der Waals surface area (Å²) in [5.41, 5.74) is 2.67. The lowest BCUT2D eigenvalue weighted by atomic mass is 9.84. The Morgan fingerprint density at radius 2 is 1.79 bits per heavy atom. The number of anilines is 1. The van der Waals surface area contributed by atoms with Crippen LogP contribution in [-0.4, -0.2) is 49.6 Å². The van der Waals surface area contributed by atoms with Crippen molar-refractivity contribution in [1.29, 1.82) is 5.26 Å². The number of unbranched alkanes of at least 4 members (excludes halogenated alkanes) is 1. The molecule has 2 fully saturated rings. The number of amides is 1. The van der Waals surface area contributed by atoms with Crippen LogP contribution in [0.4, 0.5) is 5.69 Å². The van der Waals surface area contributed by atoms with E-state index in [9.17, 15) is 4.79 Å². The first-order chi connectivity index (χ1) is 14.1. The third-order valence-corrected chi connectivity index (χ3v) is 6.53. The van der Waals surface area contributed by atoms with Gasteiger partial charge >= 0.3 is 0 Å². The summed E-state index contributed by atoms with van der Waals surface area (Å²) in [6.45, 7) is 7.89. The van der Waals surface area contributed by atoms with Gasteiger partial charge in [-0.25, -0.2) is 0 Å². The highest BCUT2D eigenvalue weighted by Gasteiger charge is 2.24. The Kier molecular flexibility index (Phi) is 8.37. The fourth-order valence-corrected chi connectivity index (χ4v) is 4.57. The number of nitriles is 1. The van der Waals surface area contributed by atoms with Crippen LogP contribution in [0.1, 0.15) is 56.9 Å². The molecule has 1 aliphatic carbocycles. The van der Waals surface area contributed by atoms with Gasteiger partial charge in [0.25, 0.3) is 0 Å². The number of hydrogen-bond acceptors (Lipinski definition) is 4. The molecule has 158 valence electrons. The fourth-order valence-electron chi connectivity index (χ4n) is 4.57. The number of carbonyl (C=O) groups excluding carboxylic acids is 1. The molecule has 1 aliphatic heterocycles. The summed E-state index contributed by atoms with van der Waals surface area (Å²) >= 11 is 0. The third-order valence-electron chi connectivity index (χ3n) is 6.53. The van der Waals surface area contributed by atoms with Gasteiger partial charge in [-0.3, -0.25) is 9.69 Å². The Labute approximate surface area is 176 Å². The summed E-state index contributed by atoms with van der Waals surface area (Å²) in [7, 11) is 0. The molecule has 1 saturated heterocycles. The quantitative estimate of drug-likeness (QED) is 0.678. The molecule has 3 rings (SSSR count). The van der Waals surface area contributed by atoms with Crippen molar-refractivity contribution in [3.8, 4) is 6.07 Å². The van der Waals surface area contributed by atoms with E-state index >= 15 is 0 Å². The molecule has 1 N–H and O–H groups in total. The molecule has 2 aliphatic rings. The minimum absolute atomic E-state index is 0.121. The van der Waals surface area contributed by atoms with Crippen molar-refractivity contribution < 1.29 is 4.79 Å². The Morgan fingerprint density at radius 3 is 2.45 bits per heavy atom. The van der Waals surface area contributed by atoms with Crippen LogP contribution in [-0.2, 0) is 4.79 Å². The molecule has 5 nitrogen and oxygen atoms in total. The summed E-state index contributed by atoms with van der Waals surface area (Å²) in [5, 5.41) is 11.7. The van der Waals surface area contributed by atoms with Gasteiger partial charge in [-0.2, -0.15) is 5.26 Å². The number of carbonyl (C=O) groups is 1. The monoisotopic (exact) mass is 396 g/mol. The molecule has 0 atom stereocenters. The van der Waals surface area contributed by atoms with Gasteiger partial charge in [-0.15, -0.1) is 0 Å². The predicted octanol–water partition coefficient (Wildman–Crippen LogP) is 3.88. The van der Waals surface area contributed by atoms with Crippen LogP contribution in [0, 0.1) is 24.2 Å². The van der Waals surface area contributed by atoms with Crippen molar-refractivity contribution in [2.75, 3.05) is 37.6 Å². The lowest BCUT2D eigenvalue weighted by Gasteiger charge is -2.37. The molecule has 0 aromatic heterocycles. The van der Waals surface area contributed by atoms with E-state index in [2.05, 4.69) is 52.4 Å². The first kappa shape index (κ1) is 21.6. The Bertz CT molecular complexity index is 665. The number of nitrogens with zero attached hydrogens (tertiary/aromatic N) is 3. The van der Waals surface area contributed by atoms with Gasteiger partial charge in [-0.1, -0.05) is 17.7 Å². The van der Waals surface area contributed by atoms with Crippen LogP contribution in [0.15, 0.2) is 24.3 Å². The summed E-state index contributed by atoms with van der Waals surface area (Å²) in [5.74, 6) is 0.923. The van der Waals surface area contributed by atoms with Crippen molar-refractivity contribution in [1.82, 2.24) is 10.2 Å². The van der Waals surface area contributed by atoms with Gasteiger partial charge < -0.3 is 10.2 Å². The van der Waals surface area contributed by atoms with E-state index in [1.165, 1.54) is 37.1 Å². The molecule has 0 radical (unpaired) electrons. The summed E-state index contributed by atoms with van der Waals surface area (Å²) < 4.78 is 0. The topological polar surface area (TPSA) is 59.4 Å². The second-order valence-electron chi connectivity index (χ2n) is 8.75. The molecule has 1 aromatic carbocycles. The minimum Gasteiger partial charge on any atom is -0.369 e. The molecule has 29 heavy (non-hydrogen) atoms. The zero-order valence-electron chi connectivity index (χ0n) is 17.9. The van der Waals surface area contributed by atoms with Crippen molar-refractivity contribution in [2.45, 2.75) is 64.3 Å². The van der Waals surface area contributed by atoms with Gasteiger partial charge in [0.1, 0.15) is 0 Å². The standard InChI is InChI=1S/C24H36N4O/c1-20-5-11-23(12-6-20)28-18-16-27(17-19-28)15-13-21-7-9-22(10-8-21)26-24(29)4-2-3-14-25/h5-6,11-12,21-22H,2-4,7-10,13,15-19H2,1H3,(H,26,29)/t21-,22-. The number of nitrogens with one attached hydrogen (secondary N) is 1. The van der Waals surface area contributed by atoms with E-state index in [1.807, 2.05) is 0 Å². The van der Waals surface area contributed by atoms with Crippen LogP contribution >= 0.6 is 0 Å². The number of hydrogen-bond donors (Lipinski definition) is 1. The molecule has 1 aromatic rings. The fraction of sp³-hybridized carbons (Fsp3) is 0.667. The predicted molar refractivity (Wildman–Crippen MR) is 118 cm³/mol. The maximum atomic E-state index is 11.9. The molecular weight excluding hydrogens is 360 g/mol. The van der Waals surface area contributed by atoms with E-state index < -0.39 is 0 Å². The number of rotatable bonds is 8. The van der Waals surface area contributed by atoms with Gasteiger partial charge in [0, 0.05) is 50.7 Å². The van der Waals surface area contributed by atoms with Crippen LogP contribution < -0.4 is 10.2 Å². The van der Waals surface area contributed by atoms with Crippen LogP contribution in [0.25, 0.3) is 0 Å². The molecule has 0 spiro atoms. The highest BCUT2D eigenvalue weighted by Crippen LogP contribution is 2.27. The van der Waals surface area contributed by atoms with E-state index in [0.717, 1.165) is 44.9 Å². The number of aryl methyl sites for hydroxylation is 1. The molecule has 0 bridgehead atoms. The lowest BCUT2D eigenvalue weighted by molar-refractivity contribution is -0.122. The third kappa shape index (κ3) is 7.04. The summed E-state index contributed by atoms with van der Waals surface area (Å²) in [6.07, 6.45) is 7.59. The summed E-state index contributed by atoms with van der Waals surface area (Å²) in [6, 6.07) is 11.3. The van der Waals surface area contributed by atoms with Crippen molar-refractivity contribution in [3.63, 3.8) is 0 Å². The van der Waals surface area contributed by atoms with Gasteiger partial charge in [0.15, 0.2) is 0 Å². The maximum absolute atomic E-state index is 11.9. The molecule has 5 heteroatoms. The second-order valence-corrected chi connectivity index (χ2v) is 8.75. The Hall–Kier alpha value is -2.06. The van der Waals surface area contributed by atoms with E-state index in [4.69, 9.17) is 5.26 Å². The Morgan fingerprint density at radius 1 is 1.10 bits per heavy atom. The average Bonchev–Trinajstić information content (AvgIpc) is 2.74. The van der Waals surface area contributed by atoms with Crippen LogP contribution in [0.5, 0.6) is 0 Å². The average molecular weight is 397 g/mol. The van der Waals surface area contributed by atoms with E-state index in [0.29, 0.717) is 25.3 Å². The molecule has 1 saturated carbocycles. The minimum atomic E-state index is 0.121. The highest BCUT2D eigenvalue weighted by molar-refractivity contribution is 5.76. The first-order valence-electron chi connectivity index (χ1n) is 11.3. The smallest absolute Gasteiger partial charge is 0.220 e. The van der Waals surface area contributed by atoms with E-state index in [1.54, 1.807) is 0 Å². The van der Waals surface area contributed by atoms with Crippen molar-refractivity contribution >= 4 is 11.6 Å². The normalized spacial score (nSPS) is 22.8. The highest BCUT2D eigenvalue weighted by atomic mass is 16.1. The second kappa shape index (κ2) is 11.2. The van der Waals surface area contributed by atoms with Gasteiger partial charge in [0.2, 0.25) is 5.91 Å². The van der Waals surface area contributed by atoms with Crippen molar-refractivity contribution in [2.24, 2.45) is 5.92 Å². The summed E-state index contributed by atoms with van der Waals surface area (Å²) in [4.78, 5) is 17.0. The maximum Gasteiger partial charge on any atom is 0.220 e. The zero-order valence-corrected chi connectivity index (χ0v) is 17.9. The zero-order chi connectivity index (χ0) is 20.5. The lowest BCUT2D eigenvalue weighted by Crippen LogP contribution is -2.47. The number of piperazine rings is 1. The van der Waals surface area contributed by atoms with Crippen LogP contribution in [0.3, 0.4) is 0 Å². The van der Waals surface area contributed by atoms with E-state index in [-0.39, 0.29) is 5.91 Å². The molecule has 0 unspecified atom stereocenters. The molecule has 1 heterocycles. The van der Waals surface area contributed by atoms with Gasteiger partial charge in [-0.05, 0) is 70.0 Å². The largest absolute Gasteiger partial charge is 0.369 e. The SMILES string of the molecule is Cc1ccc(N2CCN(CC[C@H]3CC[C@H](NC(=O)CCCC#N)CC3)CC2)cc1.